The van der Waals surface area contributed by atoms with Crippen LogP contribution in [0.5, 0.6) is 17.2 Å². The van der Waals surface area contributed by atoms with Crippen LogP contribution in [0.2, 0.25) is 0 Å². The lowest BCUT2D eigenvalue weighted by molar-refractivity contribution is -0.118. The van der Waals surface area contributed by atoms with E-state index in [0.717, 1.165) is 10.0 Å². The van der Waals surface area contributed by atoms with Gasteiger partial charge < -0.3 is 14.2 Å². The molecule has 3 rings (SSSR count). The average Bonchev–Trinajstić information content (AvgIpc) is 2.89. The second-order valence-electron chi connectivity index (χ2n) is 5.47. The van der Waals surface area contributed by atoms with E-state index in [-0.39, 0.29) is 23.9 Å². The Labute approximate surface area is 153 Å². The molecule has 0 N–H and O–H groups in total. The van der Waals surface area contributed by atoms with E-state index in [9.17, 15) is 9.59 Å². The average molecular weight is 403 g/mol. The van der Waals surface area contributed by atoms with Crippen LogP contribution in [0.15, 0.2) is 46.6 Å². The highest BCUT2D eigenvalue weighted by Crippen LogP contribution is 2.36. The predicted molar refractivity (Wildman–Crippen MR) is 96.2 cm³/mol. The molecule has 2 aromatic rings. The number of rotatable bonds is 5. The van der Waals surface area contributed by atoms with E-state index >= 15 is 0 Å². The molecule has 0 saturated carbocycles. The molecule has 1 heterocycles. The van der Waals surface area contributed by atoms with Crippen LogP contribution in [0.1, 0.15) is 22.8 Å². The van der Waals surface area contributed by atoms with Gasteiger partial charge in [-0.1, -0.05) is 15.9 Å². The molecule has 0 aliphatic carbocycles. The number of fused-ring (bicyclic) bond motifs is 1. The maximum atomic E-state index is 12.5. The zero-order chi connectivity index (χ0) is 18.0. The van der Waals surface area contributed by atoms with E-state index in [0.29, 0.717) is 22.8 Å². The smallest absolute Gasteiger partial charge is 0.231 e. The van der Waals surface area contributed by atoms with Crippen molar-refractivity contribution in [3.63, 3.8) is 0 Å². The Balaban J connectivity index is 1.90. The number of benzene rings is 2. The van der Waals surface area contributed by atoms with Gasteiger partial charge in [-0.05, 0) is 43.3 Å². The summed E-state index contributed by atoms with van der Waals surface area (Å²) in [5.74, 6) is 1.42. The minimum absolute atomic E-state index is 0.0231. The molecule has 0 atom stereocenters. The summed E-state index contributed by atoms with van der Waals surface area (Å²) in [5.41, 5.74) is 1.18. The van der Waals surface area contributed by atoms with Crippen molar-refractivity contribution in [3.8, 4) is 17.2 Å². The summed E-state index contributed by atoms with van der Waals surface area (Å²) >= 11 is 3.40. The van der Waals surface area contributed by atoms with E-state index in [2.05, 4.69) is 15.9 Å². The number of methoxy groups -OCH3 is 1. The van der Waals surface area contributed by atoms with E-state index in [4.69, 9.17) is 14.2 Å². The maximum absolute atomic E-state index is 12.5. The van der Waals surface area contributed by atoms with Gasteiger partial charge in [0, 0.05) is 16.1 Å². The highest BCUT2D eigenvalue weighted by Gasteiger charge is 2.28. The zero-order valence-corrected chi connectivity index (χ0v) is 15.3. The zero-order valence-electron chi connectivity index (χ0n) is 13.7. The molecule has 1 aliphatic heterocycles. The van der Waals surface area contributed by atoms with E-state index < -0.39 is 0 Å². The first-order valence-corrected chi connectivity index (χ1v) is 8.31. The summed E-state index contributed by atoms with van der Waals surface area (Å²) in [6.45, 7) is 1.42. The molecule has 25 heavy (non-hydrogen) atoms. The summed E-state index contributed by atoms with van der Waals surface area (Å²) in [4.78, 5) is 23.5. The van der Waals surface area contributed by atoms with Gasteiger partial charge in [0.2, 0.25) is 5.78 Å². The normalized spacial score (nSPS) is 14.2. The molecule has 0 saturated heterocycles. The number of Topliss-reactive ketones (excluding diaryl/α,β-unsaturated/α-hetero) is 2. The van der Waals surface area contributed by atoms with Crippen LogP contribution in [0.3, 0.4) is 0 Å². The molecular weight excluding hydrogens is 388 g/mol. The number of allylic oxidation sites excluding steroid dienone is 1. The molecule has 5 nitrogen and oxygen atoms in total. The fraction of sp³-hybridized carbons (Fsp3) is 0.158. The van der Waals surface area contributed by atoms with Crippen LogP contribution < -0.4 is 14.2 Å². The first kappa shape index (κ1) is 17.2. The predicted octanol–water partition coefficient (Wildman–Crippen LogP) is 4.04. The van der Waals surface area contributed by atoms with Crippen LogP contribution in [-0.4, -0.2) is 25.3 Å². The maximum Gasteiger partial charge on any atom is 0.231 e. The second-order valence-corrected chi connectivity index (χ2v) is 6.39. The van der Waals surface area contributed by atoms with Crippen molar-refractivity contribution in [1.29, 1.82) is 0 Å². The molecule has 0 unspecified atom stereocenters. The Morgan fingerprint density at radius 1 is 1.24 bits per heavy atom. The van der Waals surface area contributed by atoms with E-state index in [1.54, 1.807) is 37.5 Å². The molecule has 6 heteroatoms. The summed E-state index contributed by atoms with van der Waals surface area (Å²) in [5, 5.41) is 0. The Kier molecular flexibility index (Phi) is 4.90. The Hall–Kier alpha value is -2.60. The third kappa shape index (κ3) is 3.74. The SMILES string of the molecule is COc1ccc(Br)cc1C=C1Oc2cc(OCC(C)=O)ccc2C1=O. The molecule has 0 aromatic heterocycles. The Morgan fingerprint density at radius 3 is 2.76 bits per heavy atom. The number of halogens is 1. The third-order valence-electron chi connectivity index (χ3n) is 3.56. The fourth-order valence-corrected chi connectivity index (χ4v) is 2.78. The minimum atomic E-state index is -0.213. The molecule has 0 radical (unpaired) electrons. The molecule has 0 spiro atoms. The molecule has 1 aliphatic rings. The van der Waals surface area contributed by atoms with Crippen molar-refractivity contribution < 1.29 is 23.8 Å². The monoisotopic (exact) mass is 402 g/mol. The van der Waals surface area contributed by atoms with E-state index in [1.807, 2.05) is 12.1 Å². The van der Waals surface area contributed by atoms with Gasteiger partial charge in [0.1, 0.15) is 23.9 Å². The lowest BCUT2D eigenvalue weighted by atomic mass is 10.1. The molecule has 0 fully saturated rings. The molecule has 0 bridgehead atoms. The number of carbonyl (C=O) groups excluding carboxylic acids is 2. The van der Waals surface area contributed by atoms with Gasteiger partial charge in [-0.3, -0.25) is 9.59 Å². The summed E-state index contributed by atoms with van der Waals surface area (Å²) in [6, 6.07) is 10.4. The van der Waals surface area contributed by atoms with Crippen molar-refractivity contribution >= 4 is 33.6 Å². The van der Waals surface area contributed by atoms with Gasteiger partial charge >= 0.3 is 0 Å². The van der Waals surface area contributed by atoms with E-state index in [1.165, 1.54) is 6.92 Å². The van der Waals surface area contributed by atoms with Crippen LogP contribution >= 0.6 is 15.9 Å². The summed E-state index contributed by atoms with van der Waals surface area (Å²) in [6.07, 6.45) is 1.64. The molecule has 0 amide bonds. The Bertz CT molecular complexity index is 885. The highest BCUT2D eigenvalue weighted by molar-refractivity contribution is 9.10. The first-order chi connectivity index (χ1) is 12.0. The lowest BCUT2D eigenvalue weighted by Gasteiger charge is -2.06. The van der Waals surface area contributed by atoms with Crippen molar-refractivity contribution in [3.05, 3.63) is 57.8 Å². The molecule has 128 valence electrons. The summed E-state index contributed by atoms with van der Waals surface area (Å²) < 4.78 is 17.2. The van der Waals surface area contributed by atoms with Crippen molar-refractivity contribution in [2.45, 2.75) is 6.92 Å². The highest BCUT2D eigenvalue weighted by atomic mass is 79.9. The quantitative estimate of drug-likeness (QED) is 0.706. The summed E-state index contributed by atoms with van der Waals surface area (Å²) in [7, 11) is 1.57. The number of hydrogen-bond acceptors (Lipinski definition) is 5. The van der Waals surface area contributed by atoms with Crippen molar-refractivity contribution in [1.82, 2.24) is 0 Å². The van der Waals surface area contributed by atoms with Crippen molar-refractivity contribution in [2.24, 2.45) is 0 Å². The third-order valence-corrected chi connectivity index (χ3v) is 4.06. The van der Waals surface area contributed by atoms with Crippen LogP contribution in [0.25, 0.3) is 6.08 Å². The first-order valence-electron chi connectivity index (χ1n) is 7.52. The van der Waals surface area contributed by atoms with Crippen LogP contribution in [0, 0.1) is 0 Å². The second kappa shape index (κ2) is 7.11. The van der Waals surface area contributed by atoms with Gasteiger partial charge in [-0.15, -0.1) is 0 Å². The van der Waals surface area contributed by atoms with Crippen LogP contribution in [0.4, 0.5) is 0 Å². The van der Waals surface area contributed by atoms with Gasteiger partial charge in [-0.2, -0.15) is 0 Å². The van der Waals surface area contributed by atoms with Gasteiger partial charge in [0.15, 0.2) is 11.5 Å². The van der Waals surface area contributed by atoms with Crippen molar-refractivity contribution in [2.75, 3.05) is 13.7 Å². The fourth-order valence-electron chi connectivity index (χ4n) is 2.40. The number of carbonyl (C=O) groups is 2. The minimum Gasteiger partial charge on any atom is -0.496 e. The Morgan fingerprint density at radius 2 is 2.04 bits per heavy atom. The number of ketones is 2. The van der Waals surface area contributed by atoms with Gasteiger partial charge in [0.25, 0.3) is 0 Å². The van der Waals surface area contributed by atoms with Gasteiger partial charge in [0.05, 0.1) is 12.7 Å². The molecular formula is C19H15BrO5. The standard InChI is InChI=1S/C19H15BrO5/c1-11(21)10-24-14-4-5-15-17(9-14)25-18(19(15)22)8-12-7-13(20)3-6-16(12)23-2/h3-9H,10H2,1-2H3. The van der Waals surface area contributed by atoms with Gasteiger partial charge in [-0.25, -0.2) is 0 Å². The number of hydrogen-bond donors (Lipinski definition) is 0. The molecule has 2 aromatic carbocycles. The van der Waals surface area contributed by atoms with Crippen LogP contribution in [-0.2, 0) is 4.79 Å². The lowest BCUT2D eigenvalue weighted by Crippen LogP contribution is -2.06. The number of ether oxygens (including phenoxy) is 3. The largest absolute Gasteiger partial charge is 0.496 e. The topological polar surface area (TPSA) is 61.8 Å².